The molecule has 3 aromatic carbocycles. The third kappa shape index (κ3) is 4.14. The summed E-state index contributed by atoms with van der Waals surface area (Å²) in [4.78, 5) is 12.5. The number of phenols is 1. The summed E-state index contributed by atoms with van der Waals surface area (Å²) in [6.07, 6.45) is 4.99. The van der Waals surface area contributed by atoms with Gasteiger partial charge in [0.15, 0.2) is 5.78 Å². The lowest BCUT2D eigenvalue weighted by Crippen LogP contribution is -1.94. The molecule has 5 heteroatoms. The molecule has 4 rings (SSSR count). The van der Waals surface area contributed by atoms with Crippen molar-refractivity contribution in [3.8, 4) is 22.7 Å². The zero-order valence-corrected chi connectivity index (χ0v) is 15.4. The van der Waals surface area contributed by atoms with Gasteiger partial charge < -0.3 is 5.11 Å². The van der Waals surface area contributed by atoms with Crippen molar-refractivity contribution in [2.45, 2.75) is 0 Å². The molecule has 0 aliphatic carbocycles. The van der Waals surface area contributed by atoms with Gasteiger partial charge in [0.2, 0.25) is 0 Å². The number of carbonyl (C=O) groups is 1. The third-order valence-corrected chi connectivity index (χ3v) is 4.45. The molecule has 0 amide bonds. The van der Waals surface area contributed by atoms with Gasteiger partial charge in [0.05, 0.1) is 11.4 Å². The van der Waals surface area contributed by atoms with Gasteiger partial charge in [-0.05, 0) is 72.8 Å². The van der Waals surface area contributed by atoms with E-state index in [-0.39, 0.29) is 17.3 Å². The molecule has 0 aliphatic rings. The number of ketones is 1. The molecule has 0 fully saturated rings. The molecule has 0 unspecified atom stereocenters. The number of para-hydroxylation sites is 1. The molecule has 0 radical (unpaired) electrons. The topological polar surface area (TPSA) is 55.1 Å². The maximum Gasteiger partial charge on any atom is 0.185 e. The molecule has 0 spiro atoms. The Morgan fingerprint density at radius 3 is 2.31 bits per heavy atom. The molecule has 0 atom stereocenters. The standard InChI is InChI=1S/C24H17FN2O2/c25-20-11-6-18(7-12-20)24-19(16-27(26-24)21-4-2-1-3-5-21)10-15-23(29)17-8-13-22(28)14-9-17/h1-16,28H/b15-10+. The highest BCUT2D eigenvalue weighted by atomic mass is 19.1. The van der Waals surface area contributed by atoms with Gasteiger partial charge in [-0.15, -0.1) is 0 Å². The summed E-state index contributed by atoms with van der Waals surface area (Å²) in [6, 6.07) is 21.8. The van der Waals surface area contributed by atoms with Crippen LogP contribution in [0.25, 0.3) is 23.0 Å². The second kappa shape index (κ2) is 7.94. The predicted octanol–water partition coefficient (Wildman–Crippen LogP) is 5.28. The monoisotopic (exact) mass is 384 g/mol. The van der Waals surface area contributed by atoms with Gasteiger partial charge in [-0.2, -0.15) is 5.10 Å². The van der Waals surface area contributed by atoms with Crippen molar-refractivity contribution in [1.29, 1.82) is 0 Å². The summed E-state index contributed by atoms with van der Waals surface area (Å²) < 4.78 is 15.1. The molecule has 1 aromatic heterocycles. The summed E-state index contributed by atoms with van der Waals surface area (Å²) in [7, 11) is 0. The van der Waals surface area contributed by atoms with Crippen LogP contribution in [0.15, 0.2) is 91.1 Å². The van der Waals surface area contributed by atoms with Crippen LogP contribution in [0.5, 0.6) is 5.75 Å². The fourth-order valence-electron chi connectivity index (χ4n) is 2.94. The Labute approximate surface area is 167 Å². The second-order valence-electron chi connectivity index (χ2n) is 6.46. The largest absolute Gasteiger partial charge is 0.508 e. The summed E-state index contributed by atoms with van der Waals surface area (Å²) in [5.74, 6) is -0.411. The van der Waals surface area contributed by atoms with Crippen LogP contribution in [0.2, 0.25) is 0 Å². The van der Waals surface area contributed by atoms with E-state index in [1.807, 2.05) is 36.5 Å². The Kier molecular flexibility index (Phi) is 5.03. The maximum absolute atomic E-state index is 13.3. The van der Waals surface area contributed by atoms with E-state index in [1.54, 1.807) is 35.0 Å². The van der Waals surface area contributed by atoms with E-state index in [2.05, 4.69) is 5.10 Å². The minimum absolute atomic E-state index is 0.105. The molecule has 1 N–H and O–H groups in total. The van der Waals surface area contributed by atoms with E-state index >= 15 is 0 Å². The first-order valence-electron chi connectivity index (χ1n) is 9.02. The van der Waals surface area contributed by atoms with Crippen molar-refractivity contribution in [1.82, 2.24) is 9.78 Å². The molecule has 0 bridgehead atoms. The third-order valence-electron chi connectivity index (χ3n) is 4.45. The van der Waals surface area contributed by atoms with Gasteiger partial charge in [0, 0.05) is 22.9 Å². The lowest BCUT2D eigenvalue weighted by molar-refractivity contribution is 0.104. The summed E-state index contributed by atoms with van der Waals surface area (Å²) in [6.45, 7) is 0. The fourth-order valence-corrected chi connectivity index (χ4v) is 2.94. The van der Waals surface area contributed by atoms with E-state index in [9.17, 15) is 14.3 Å². The van der Waals surface area contributed by atoms with Crippen LogP contribution in [0.4, 0.5) is 4.39 Å². The molecule has 0 aliphatic heterocycles. The van der Waals surface area contributed by atoms with Gasteiger partial charge in [-0.25, -0.2) is 9.07 Å². The number of hydrogen-bond donors (Lipinski definition) is 1. The lowest BCUT2D eigenvalue weighted by Gasteiger charge is -2.00. The summed E-state index contributed by atoms with van der Waals surface area (Å²) >= 11 is 0. The second-order valence-corrected chi connectivity index (χ2v) is 6.46. The molecular formula is C24H17FN2O2. The van der Waals surface area contributed by atoms with Crippen molar-refractivity contribution in [2.75, 3.05) is 0 Å². The smallest absolute Gasteiger partial charge is 0.185 e. The predicted molar refractivity (Wildman–Crippen MR) is 110 cm³/mol. The zero-order valence-electron chi connectivity index (χ0n) is 15.4. The van der Waals surface area contributed by atoms with E-state index < -0.39 is 0 Å². The van der Waals surface area contributed by atoms with Crippen molar-refractivity contribution in [3.63, 3.8) is 0 Å². The average molecular weight is 384 g/mol. The highest BCUT2D eigenvalue weighted by molar-refractivity contribution is 6.07. The minimum atomic E-state index is -0.323. The SMILES string of the molecule is O=C(/C=C/c1cn(-c2ccccc2)nc1-c1ccc(F)cc1)c1ccc(O)cc1. The molecule has 4 aromatic rings. The number of rotatable bonds is 5. The number of carbonyl (C=O) groups excluding carboxylic acids is 1. The molecule has 0 saturated carbocycles. The highest BCUT2D eigenvalue weighted by Crippen LogP contribution is 2.25. The van der Waals surface area contributed by atoms with E-state index in [0.717, 1.165) is 16.8 Å². The molecule has 142 valence electrons. The first-order chi connectivity index (χ1) is 14.1. The van der Waals surface area contributed by atoms with E-state index in [0.29, 0.717) is 11.3 Å². The first kappa shape index (κ1) is 18.4. The van der Waals surface area contributed by atoms with Crippen LogP contribution in [0.3, 0.4) is 0 Å². The van der Waals surface area contributed by atoms with Crippen LogP contribution in [0.1, 0.15) is 15.9 Å². The zero-order chi connectivity index (χ0) is 20.2. The molecule has 0 saturated heterocycles. The van der Waals surface area contributed by atoms with Crippen LogP contribution in [-0.4, -0.2) is 20.7 Å². The quantitative estimate of drug-likeness (QED) is 0.376. The lowest BCUT2D eigenvalue weighted by atomic mass is 10.1. The number of benzene rings is 3. The Hall–Kier alpha value is -3.99. The van der Waals surface area contributed by atoms with Gasteiger partial charge in [-0.1, -0.05) is 18.2 Å². The van der Waals surface area contributed by atoms with Crippen molar-refractivity contribution in [2.24, 2.45) is 0 Å². The Bertz CT molecular complexity index is 1160. The normalized spacial score (nSPS) is 11.1. The van der Waals surface area contributed by atoms with Crippen molar-refractivity contribution in [3.05, 3.63) is 108 Å². The highest BCUT2D eigenvalue weighted by Gasteiger charge is 2.11. The Balaban J connectivity index is 1.72. The molecule has 4 nitrogen and oxygen atoms in total. The number of aromatic nitrogens is 2. The van der Waals surface area contributed by atoms with Crippen LogP contribution in [-0.2, 0) is 0 Å². The number of nitrogens with zero attached hydrogens (tertiary/aromatic N) is 2. The van der Waals surface area contributed by atoms with Gasteiger partial charge in [-0.3, -0.25) is 4.79 Å². The first-order valence-corrected chi connectivity index (χ1v) is 9.02. The molecule has 29 heavy (non-hydrogen) atoms. The van der Waals surface area contributed by atoms with Gasteiger partial charge in [0.25, 0.3) is 0 Å². The van der Waals surface area contributed by atoms with Gasteiger partial charge in [0.1, 0.15) is 11.6 Å². The van der Waals surface area contributed by atoms with Crippen molar-refractivity contribution >= 4 is 11.9 Å². The van der Waals surface area contributed by atoms with Gasteiger partial charge >= 0.3 is 0 Å². The maximum atomic E-state index is 13.3. The summed E-state index contributed by atoms with van der Waals surface area (Å²) in [5.41, 5.74) is 3.47. The molecular weight excluding hydrogens is 367 g/mol. The van der Waals surface area contributed by atoms with E-state index in [4.69, 9.17) is 0 Å². The van der Waals surface area contributed by atoms with Crippen LogP contribution < -0.4 is 0 Å². The number of allylic oxidation sites excluding steroid dienone is 1. The Morgan fingerprint density at radius 1 is 0.931 bits per heavy atom. The van der Waals surface area contributed by atoms with Crippen molar-refractivity contribution < 1.29 is 14.3 Å². The number of aromatic hydroxyl groups is 1. The number of halogens is 1. The van der Waals surface area contributed by atoms with E-state index in [1.165, 1.54) is 30.3 Å². The summed E-state index contributed by atoms with van der Waals surface area (Å²) in [5, 5.41) is 14.0. The minimum Gasteiger partial charge on any atom is -0.508 e. The number of hydrogen-bond acceptors (Lipinski definition) is 3. The van der Waals surface area contributed by atoms with Crippen LogP contribution in [0, 0.1) is 5.82 Å². The number of phenolic OH excluding ortho intramolecular Hbond substituents is 1. The Morgan fingerprint density at radius 2 is 1.62 bits per heavy atom. The average Bonchev–Trinajstić information content (AvgIpc) is 3.18. The fraction of sp³-hybridized carbons (Fsp3) is 0. The van der Waals surface area contributed by atoms with Crippen LogP contribution >= 0.6 is 0 Å². The molecule has 1 heterocycles.